The van der Waals surface area contributed by atoms with Crippen molar-refractivity contribution in [3.63, 3.8) is 0 Å². The third-order valence-corrected chi connectivity index (χ3v) is 4.95. The Morgan fingerprint density at radius 1 is 1.20 bits per heavy atom. The first-order valence-corrected chi connectivity index (χ1v) is 8.03. The number of hydrogen-bond donors (Lipinski definition) is 1. The standard InChI is InChI=1S/C15H18N4S/c1-9-8-12(6-7-13(9)16)20-15-18-17-14(10-2-3-10)19(15)11-4-5-11/h6-8,10-11H,2-5,16H2,1H3. The molecule has 2 N–H and O–H groups in total. The van der Waals surface area contributed by atoms with E-state index in [2.05, 4.69) is 26.9 Å². The molecule has 5 heteroatoms. The van der Waals surface area contributed by atoms with Crippen molar-refractivity contribution in [2.24, 2.45) is 0 Å². The van der Waals surface area contributed by atoms with Crippen LogP contribution < -0.4 is 5.73 Å². The van der Waals surface area contributed by atoms with Crippen molar-refractivity contribution in [1.29, 1.82) is 0 Å². The number of nitrogen functional groups attached to an aromatic ring is 1. The van der Waals surface area contributed by atoms with Crippen molar-refractivity contribution >= 4 is 17.4 Å². The first-order valence-electron chi connectivity index (χ1n) is 7.21. The SMILES string of the molecule is Cc1cc(Sc2nnc(C3CC3)n2C2CC2)ccc1N. The van der Waals surface area contributed by atoms with E-state index in [0.29, 0.717) is 12.0 Å². The minimum atomic E-state index is 0.637. The van der Waals surface area contributed by atoms with E-state index in [1.807, 2.05) is 13.0 Å². The van der Waals surface area contributed by atoms with Gasteiger partial charge in [0.1, 0.15) is 5.82 Å². The van der Waals surface area contributed by atoms with E-state index in [1.165, 1.54) is 36.4 Å². The number of benzene rings is 1. The highest BCUT2D eigenvalue weighted by atomic mass is 32.2. The van der Waals surface area contributed by atoms with Crippen molar-refractivity contribution in [3.8, 4) is 0 Å². The van der Waals surface area contributed by atoms with E-state index in [4.69, 9.17) is 5.73 Å². The number of aromatic nitrogens is 3. The van der Waals surface area contributed by atoms with E-state index in [0.717, 1.165) is 16.4 Å². The van der Waals surface area contributed by atoms with Gasteiger partial charge in [0.25, 0.3) is 0 Å². The Morgan fingerprint density at radius 2 is 2.00 bits per heavy atom. The van der Waals surface area contributed by atoms with Gasteiger partial charge in [-0.2, -0.15) is 0 Å². The average molecular weight is 286 g/mol. The van der Waals surface area contributed by atoms with Crippen LogP contribution in [0.5, 0.6) is 0 Å². The van der Waals surface area contributed by atoms with Crippen LogP contribution >= 0.6 is 11.8 Å². The minimum absolute atomic E-state index is 0.637. The molecule has 0 saturated heterocycles. The molecular weight excluding hydrogens is 268 g/mol. The van der Waals surface area contributed by atoms with Gasteiger partial charge in [-0.1, -0.05) is 0 Å². The van der Waals surface area contributed by atoms with Gasteiger partial charge in [0, 0.05) is 22.5 Å². The fourth-order valence-electron chi connectivity index (χ4n) is 2.47. The van der Waals surface area contributed by atoms with Gasteiger partial charge in [-0.05, 0) is 68.1 Å². The fraction of sp³-hybridized carbons (Fsp3) is 0.467. The van der Waals surface area contributed by atoms with Gasteiger partial charge >= 0.3 is 0 Å². The Bertz CT molecular complexity index is 656. The summed E-state index contributed by atoms with van der Waals surface area (Å²) in [7, 11) is 0. The van der Waals surface area contributed by atoms with E-state index < -0.39 is 0 Å². The van der Waals surface area contributed by atoms with Crippen LogP contribution in [-0.2, 0) is 0 Å². The van der Waals surface area contributed by atoms with Crippen molar-refractivity contribution in [2.45, 2.75) is 54.6 Å². The molecule has 0 aliphatic heterocycles. The van der Waals surface area contributed by atoms with Crippen LogP contribution in [0.4, 0.5) is 5.69 Å². The smallest absolute Gasteiger partial charge is 0.196 e. The zero-order chi connectivity index (χ0) is 13.7. The predicted octanol–water partition coefficient (Wildman–Crippen LogP) is 3.53. The third kappa shape index (κ3) is 2.20. The van der Waals surface area contributed by atoms with Gasteiger partial charge in [-0.15, -0.1) is 10.2 Å². The summed E-state index contributed by atoms with van der Waals surface area (Å²) in [5.74, 6) is 1.87. The van der Waals surface area contributed by atoms with E-state index in [1.54, 1.807) is 11.8 Å². The summed E-state index contributed by atoms with van der Waals surface area (Å²) >= 11 is 1.71. The Hall–Kier alpha value is -1.49. The second kappa shape index (κ2) is 4.52. The molecule has 1 heterocycles. The molecule has 2 fully saturated rings. The number of hydrogen-bond acceptors (Lipinski definition) is 4. The monoisotopic (exact) mass is 286 g/mol. The summed E-state index contributed by atoms with van der Waals surface area (Å²) in [5.41, 5.74) is 7.84. The number of nitrogens with zero attached hydrogens (tertiary/aromatic N) is 3. The van der Waals surface area contributed by atoms with Crippen LogP contribution in [0.25, 0.3) is 0 Å². The highest BCUT2D eigenvalue weighted by molar-refractivity contribution is 7.99. The fourth-order valence-corrected chi connectivity index (χ4v) is 3.48. The van der Waals surface area contributed by atoms with E-state index >= 15 is 0 Å². The molecule has 0 atom stereocenters. The zero-order valence-electron chi connectivity index (χ0n) is 11.5. The van der Waals surface area contributed by atoms with Crippen molar-refractivity contribution in [2.75, 3.05) is 5.73 Å². The summed E-state index contributed by atoms with van der Waals surface area (Å²) < 4.78 is 2.38. The Kier molecular flexibility index (Phi) is 2.77. The van der Waals surface area contributed by atoms with Gasteiger partial charge in [-0.25, -0.2) is 0 Å². The van der Waals surface area contributed by atoms with Crippen LogP contribution in [0.2, 0.25) is 0 Å². The zero-order valence-corrected chi connectivity index (χ0v) is 12.4. The van der Waals surface area contributed by atoms with Gasteiger partial charge < -0.3 is 10.3 Å². The lowest BCUT2D eigenvalue weighted by atomic mass is 10.2. The lowest BCUT2D eigenvalue weighted by Gasteiger charge is -2.08. The molecule has 104 valence electrons. The first kappa shape index (κ1) is 12.3. The Morgan fingerprint density at radius 3 is 2.65 bits per heavy atom. The molecule has 0 amide bonds. The van der Waals surface area contributed by atoms with Crippen molar-refractivity contribution in [3.05, 3.63) is 29.6 Å². The predicted molar refractivity (Wildman–Crippen MR) is 80.0 cm³/mol. The van der Waals surface area contributed by atoms with Gasteiger partial charge in [0.2, 0.25) is 0 Å². The molecule has 2 saturated carbocycles. The number of aryl methyl sites for hydroxylation is 1. The second-order valence-electron chi connectivity index (χ2n) is 5.84. The van der Waals surface area contributed by atoms with E-state index in [-0.39, 0.29) is 0 Å². The summed E-state index contributed by atoms with van der Waals surface area (Å²) in [4.78, 5) is 1.19. The molecule has 20 heavy (non-hydrogen) atoms. The first-order chi connectivity index (χ1) is 9.72. The lowest BCUT2D eigenvalue weighted by Crippen LogP contribution is -2.01. The molecule has 1 aromatic carbocycles. The number of anilines is 1. The molecular formula is C15H18N4S. The average Bonchev–Trinajstić information content (AvgIpc) is 3.33. The summed E-state index contributed by atoms with van der Waals surface area (Å²) in [6, 6.07) is 6.80. The summed E-state index contributed by atoms with van der Waals surface area (Å²) in [6.45, 7) is 2.04. The molecule has 2 aliphatic carbocycles. The van der Waals surface area contributed by atoms with Gasteiger partial charge in [0.15, 0.2) is 5.16 Å². The molecule has 0 bridgehead atoms. The molecule has 0 spiro atoms. The minimum Gasteiger partial charge on any atom is -0.399 e. The van der Waals surface area contributed by atoms with Crippen LogP contribution in [0.15, 0.2) is 28.3 Å². The largest absolute Gasteiger partial charge is 0.399 e. The Labute approximate surface area is 122 Å². The maximum absolute atomic E-state index is 5.88. The van der Waals surface area contributed by atoms with Gasteiger partial charge in [0.05, 0.1) is 0 Å². The van der Waals surface area contributed by atoms with Crippen LogP contribution in [0, 0.1) is 6.92 Å². The van der Waals surface area contributed by atoms with Crippen LogP contribution in [-0.4, -0.2) is 14.8 Å². The quantitative estimate of drug-likeness (QED) is 0.874. The molecule has 1 aromatic heterocycles. The number of rotatable bonds is 4. The maximum atomic E-state index is 5.88. The van der Waals surface area contributed by atoms with E-state index in [9.17, 15) is 0 Å². The molecule has 4 nitrogen and oxygen atoms in total. The normalized spacial score (nSPS) is 18.4. The highest BCUT2D eigenvalue weighted by Crippen LogP contribution is 2.46. The lowest BCUT2D eigenvalue weighted by molar-refractivity contribution is 0.627. The van der Waals surface area contributed by atoms with Crippen molar-refractivity contribution < 1.29 is 0 Å². The highest BCUT2D eigenvalue weighted by Gasteiger charge is 2.36. The molecule has 4 rings (SSSR count). The summed E-state index contributed by atoms with van der Waals surface area (Å²) in [5, 5.41) is 9.91. The summed E-state index contributed by atoms with van der Waals surface area (Å²) in [6.07, 6.45) is 5.09. The molecule has 0 radical (unpaired) electrons. The second-order valence-corrected chi connectivity index (χ2v) is 6.88. The Balaban J connectivity index is 1.66. The topological polar surface area (TPSA) is 56.7 Å². The van der Waals surface area contributed by atoms with Crippen LogP contribution in [0.3, 0.4) is 0 Å². The number of nitrogens with two attached hydrogens (primary N) is 1. The third-order valence-electron chi connectivity index (χ3n) is 4.00. The van der Waals surface area contributed by atoms with Crippen molar-refractivity contribution in [1.82, 2.24) is 14.8 Å². The molecule has 2 aromatic rings. The maximum Gasteiger partial charge on any atom is 0.196 e. The molecule has 2 aliphatic rings. The van der Waals surface area contributed by atoms with Gasteiger partial charge in [-0.3, -0.25) is 0 Å². The molecule has 0 unspecified atom stereocenters. The van der Waals surface area contributed by atoms with Crippen LogP contribution in [0.1, 0.15) is 49.0 Å².